The van der Waals surface area contributed by atoms with E-state index in [9.17, 15) is 9.90 Å². The molecule has 29 heavy (non-hydrogen) atoms. The van der Waals surface area contributed by atoms with Gasteiger partial charge in [-0.2, -0.15) is 0 Å². The summed E-state index contributed by atoms with van der Waals surface area (Å²) in [5, 5.41) is 18.6. The summed E-state index contributed by atoms with van der Waals surface area (Å²) in [5.41, 5.74) is 1.69. The first-order chi connectivity index (χ1) is 13.4. The van der Waals surface area contributed by atoms with Crippen LogP contribution in [-0.2, 0) is 5.41 Å². The molecule has 0 aliphatic carbocycles. The molecule has 0 bridgehead atoms. The number of phenolic OH excluding ortho intramolecular Hbond substituents is 1. The van der Waals surface area contributed by atoms with Crippen molar-refractivity contribution in [1.82, 2.24) is 16.0 Å². The fourth-order valence-electron chi connectivity index (χ4n) is 2.67. The molecule has 0 unspecified atom stereocenters. The highest BCUT2D eigenvalue weighted by molar-refractivity contribution is 14.0. The lowest BCUT2D eigenvalue weighted by atomic mass is 9.85. The molecule has 0 heterocycles. The van der Waals surface area contributed by atoms with E-state index in [2.05, 4.69) is 41.9 Å². The van der Waals surface area contributed by atoms with Crippen molar-refractivity contribution >= 4 is 35.8 Å². The average molecular weight is 510 g/mol. The van der Waals surface area contributed by atoms with E-state index < -0.39 is 0 Å². The first-order valence-corrected chi connectivity index (χ1v) is 9.57. The zero-order chi connectivity index (χ0) is 20.4. The van der Waals surface area contributed by atoms with Gasteiger partial charge < -0.3 is 21.1 Å². The molecule has 2 aromatic rings. The zero-order valence-electron chi connectivity index (χ0n) is 17.2. The molecule has 0 saturated carbocycles. The minimum absolute atomic E-state index is 0. The quantitative estimate of drug-likeness (QED) is 0.190. The highest BCUT2D eigenvalue weighted by atomic mass is 127. The van der Waals surface area contributed by atoms with Crippen LogP contribution in [0.15, 0.2) is 59.6 Å². The molecular weight excluding hydrogens is 479 g/mol. The van der Waals surface area contributed by atoms with Gasteiger partial charge in [-0.3, -0.25) is 9.79 Å². The van der Waals surface area contributed by atoms with Crippen LogP contribution in [0.1, 0.15) is 36.7 Å². The summed E-state index contributed by atoms with van der Waals surface area (Å²) in [7, 11) is 0. The maximum Gasteiger partial charge on any atom is 0.251 e. The number of rotatable bonds is 8. The van der Waals surface area contributed by atoms with Gasteiger partial charge in [-0.1, -0.05) is 44.2 Å². The van der Waals surface area contributed by atoms with Crippen LogP contribution in [0, 0.1) is 0 Å². The summed E-state index contributed by atoms with van der Waals surface area (Å²) in [5.74, 6) is 0.697. The van der Waals surface area contributed by atoms with Crippen molar-refractivity contribution in [3.8, 4) is 5.75 Å². The van der Waals surface area contributed by atoms with Crippen molar-refractivity contribution in [3.63, 3.8) is 0 Å². The monoisotopic (exact) mass is 510 g/mol. The molecule has 0 atom stereocenters. The molecule has 158 valence electrons. The van der Waals surface area contributed by atoms with E-state index in [1.165, 1.54) is 17.7 Å². The lowest BCUT2D eigenvalue weighted by Crippen LogP contribution is -2.42. The fourth-order valence-corrected chi connectivity index (χ4v) is 2.67. The van der Waals surface area contributed by atoms with Crippen LogP contribution in [0.2, 0.25) is 0 Å². The summed E-state index contributed by atoms with van der Waals surface area (Å²) in [6.07, 6.45) is 0. The van der Waals surface area contributed by atoms with Crippen LogP contribution in [0.4, 0.5) is 0 Å². The van der Waals surface area contributed by atoms with Crippen LogP contribution in [0.3, 0.4) is 0 Å². The third-order valence-corrected chi connectivity index (χ3v) is 4.36. The van der Waals surface area contributed by atoms with Gasteiger partial charge in [-0.25, -0.2) is 0 Å². The second-order valence-electron chi connectivity index (χ2n) is 7.17. The van der Waals surface area contributed by atoms with E-state index in [0.29, 0.717) is 25.2 Å². The number of hydrogen-bond donors (Lipinski definition) is 4. The lowest BCUT2D eigenvalue weighted by Gasteiger charge is -2.24. The molecule has 4 N–H and O–H groups in total. The van der Waals surface area contributed by atoms with Crippen LogP contribution in [-0.4, -0.2) is 43.2 Å². The number of guanidine groups is 1. The van der Waals surface area contributed by atoms with Gasteiger partial charge in [0, 0.05) is 30.6 Å². The second-order valence-corrected chi connectivity index (χ2v) is 7.17. The predicted molar refractivity (Wildman–Crippen MR) is 129 cm³/mol. The van der Waals surface area contributed by atoms with Gasteiger partial charge in [0.05, 0.1) is 6.54 Å². The molecule has 0 aliphatic rings. The summed E-state index contributed by atoms with van der Waals surface area (Å²) in [6.45, 7) is 8.80. The number of aromatic hydroxyl groups is 1. The average Bonchev–Trinajstić information content (AvgIpc) is 2.70. The Bertz CT molecular complexity index is 777. The summed E-state index contributed by atoms with van der Waals surface area (Å²) >= 11 is 0. The molecule has 0 aliphatic heterocycles. The first-order valence-electron chi connectivity index (χ1n) is 9.57. The van der Waals surface area contributed by atoms with Gasteiger partial charge in [-0.15, -0.1) is 24.0 Å². The van der Waals surface area contributed by atoms with Gasteiger partial charge in [-0.05, 0) is 36.8 Å². The molecule has 2 aromatic carbocycles. The number of hydrogen-bond acceptors (Lipinski definition) is 3. The highest BCUT2D eigenvalue weighted by Crippen LogP contribution is 2.22. The summed E-state index contributed by atoms with van der Waals surface area (Å²) in [4.78, 5) is 16.8. The highest BCUT2D eigenvalue weighted by Gasteiger charge is 2.20. The fraction of sp³-hybridized carbons (Fsp3) is 0.364. The Morgan fingerprint density at radius 3 is 2.21 bits per heavy atom. The molecule has 0 radical (unpaired) electrons. The SMILES string of the molecule is CCNC(=NCC(C)(C)c1ccccc1)NCCNC(=O)c1ccc(O)cc1.I. The number of aliphatic imine (C=N–C) groups is 1. The number of carbonyl (C=O) groups excluding carboxylic acids is 1. The number of nitrogens with zero attached hydrogens (tertiary/aromatic N) is 1. The Morgan fingerprint density at radius 1 is 0.966 bits per heavy atom. The van der Waals surface area contributed by atoms with Gasteiger partial charge in [0.1, 0.15) is 5.75 Å². The standard InChI is InChI=1S/C22H30N4O2.HI/c1-4-23-21(26-16-22(2,3)18-8-6-5-7-9-18)25-15-14-24-20(28)17-10-12-19(27)13-11-17;/h5-13,27H,4,14-16H2,1-3H3,(H,24,28)(H2,23,25,26);1H. The molecule has 0 saturated heterocycles. The molecule has 0 aromatic heterocycles. The van der Waals surface area contributed by atoms with Crippen molar-refractivity contribution < 1.29 is 9.90 Å². The summed E-state index contributed by atoms with van der Waals surface area (Å²) < 4.78 is 0. The van der Waals surface area contributed by atoms with E-state index in [0.717, 1.165) is 12.5 Å². The number of phenols is 1. The van der Waals surface area contributed by atoms with Crippen LogP contribution in [0.5, 0.6) is 5.75 Å². The van der Waals surface area contributed by atoms with E-state index in [4.69, 9.17) is 4.99 Å². The van der Waals surface area contributed by atoms with Crippen LogP contribution < -0.4 is 16.0 Å². The molecule has 2 rings (SSSR count). The van der Waals surface area contributed by atoms with Gasteiger partial charge in [0.2, 0.25) is 0 Å². The van der Waals surface area contributed by atoms with Crippen molar-refractivity contribution in [2.75, 3.05) is 26.2 Å². The van der Waals surface area contributed by atoms with Crippen molar-refractivity contribution in [2.24, 2.45) is 4.99 Å². The van der Waals surface area contributed by atoms with Crippen LogP contribution in [0.25, 0.3) is 0 Å². The van der Waals surface area contributed by atoms with E-state index in [1.807, 2.05) is 25.1 Å². The van der Waals surface area contributed by atoms with E-state index in [-0.39, 0.29) is 41.0 Å². The van der Waals surface area contributed by atoms with Gasteiger partial charge in [0.15, 0.2) is 5.96 Å². The first kappa shape index (κ1) is 24.7. The van der Waals surface area contributed by atoms with E-state index >= 15 is 0 Å². The zero-order valence-corrected chi connectivity index (χ0v) is 19.6. The van der Waals surface area contributed by atoms with Crippen LogP contribution >= 0.6 is 24.0 Å². The maximum atomic E-state index is 12.1. The predicted octanol–water partition coefficient (Wildman–Crippen LogP) is 3.27. The van der Waals surface area contributed by atoms with Crippen molar-refractivity contribution in [2.45, 2.75) is 26.2 Å². The smallest absolute Gasteiger partial charge is 0.251 e. The van der Waals surface area contributed by atoms with Gasteiger partial charge >= 0.3 is 0 Å². The number of nitrogens with one attached hydrogen (secondary N) is 3. The Kier molecular flexibility index (Phi) is 10.5. The Balaban J connectivity index is 0.00000420. The minimum Gasteiger partial charge on any atom is -0.508 e. The molecule has 7 heteroatoms. The van der Waals surface area contributed by atoms with Crippen molar-refractivity contribution in [1.29, 1.82) is 0 Å². The Morgan fingerprint density at radius 2 is 1.59 bits per heavy atom. The number of halogens is 1. The number of benzene rings is 2. The third kappa shape index (κ3) is 8.31. The topological polar surface area (TPSA) is 85.8 Å². The second kappa shape index (κ2) is 12.3. The van der Waals surface area contributed by atoms with Crippen molar-refractivity contribution in [3.05, 3.63) is 65.7 Å². The minimum atomic E-state index is -0.172. The van der Waals surface area contributed by atoms with E-state index in [1.54, 1.807) is 12.1 Å². The molecule has 6 nitrogen and oxygen atoms in total. The Hall–Kier alpha value is -2.29. The molecular formula is C22H31IN4O2. The summed E-state index contributed by atoms with van der Waals surface area (Å²) in [6, 6.07) is 16.5. The normalized spacial score (nSPS) is 11.3. The number of carbonyl (C=O) groups is 1. The molecule has 1 amide bonds. The maximum absolute atomic E-state index is 12.1. The Labute approximate surface area is 190 Å². The third-order valence-electron chi connectivity index (χ3n) is 4.36. The van der Waals surface area contributed by atoms with Gasteiger partial charge in [0.25, 0.3) is 5.91 Å². The molecule has 0 spiro atoms. The largest absolute Gasteiger partial charge is 0.508 e. The lowest BCUT2D eigenvalue weighted by molar-refractivity contribution is 0.0954. The molecule has 0 fully saturated rings. The number of amides is 1.